The normalized spacial score (nSPS) is 11.5. The summed E-state index contributed by atoms with van der Waals surface area (Å²) in [7, 11) is -2.36. The van der Waals surface area contributed by atoms with E-state index in [9.17, 15) is 13.2 Å². The molecule has 2 N–H and O–H groups in total. The molecule has 0 spiro atoms. The first-order valence-corrected chi connectivity index (χ1v) is 14.0. The predicted octanol–water partition coefficient (Wildman–Crippen LogP) is 5.14. The highest BCUT2D eigenvalue weighted by molar-refractivity contribution is 7.93. The number of pyridine rings is 1. The molecule has 2 aromatic heterocycles. The fourth-order valence-electron chi connectivity index (χ4n) is 4.35. The Morgan fingerprint density at radius 2 is 1.74 bits per heavy atom. The Hall–Kier alpha value is -4.35. The number of amides is 1. The molecule has 9 nitrogen and oxygen atoms in total. The fraction of sp³-hybridized carbons (Fsp3) is 0.143. The zero-order valence-electron chi connectivity index (χ0n) is 21.5. The minimum atomic E-state index is -4.17. The maximum atomic E-state index is 14.1. The number of sulfonamides is 1. The number of aryl methyl sites for hydroxylation is 1. The first-order valence-electron chi connectivity index (χ1n) is 12.1. The van der Waals surface area contributed by atoms with Crippen LogP contribution in [0, 0.1) is 18.6 Å². The largest absolute Gasteiger partial charge is 0.325 e. The van der Waals surface area contributed by atoms with Gasteiger partial charge in [-0.3, -0.25) is 19.2 Å². The standard InChI is InChI=1S/C28H26N6O3S2/c1-18-7-4-10-23(19(18)2)34(39(36,37)24-11-5-8-20-9-6-16-29-26(20)24)17-25(35)30-22-14-12-21(13-15-22)27-31-32-28(38)33(27)3/h4-16H,17H2,1-3H3,(H,30,35)(H,32,38). The number of aromatic amines is 1. The van der Waals surface area contributed by atoms with Crippen LogP contribution >= 0.6 is 12.2 Å². The number of aromatic nitrogens is 4. The van der Waals surface area contributed by atoms with E-state index in [-0.39, 0.29) is 4.90 Å². The van der Waals surface area contributed by atoms with Crippen molar-refractivity contribution in [2.75, 3.05) is 16.2 Å². The third-order valence-electron chi connectivity index (χ3n) is 6.60. The van der Waals surface area contributed by atoms with Crippen LogP contribution in [0.15, 0.2) is 83.9 Å². The lowest BCUT2D eigenvalue weighted by Crippen LogP contribution is -2.38. The van der Waals surface area contributed by atoms with Crippen LogP contribution in [0.4, 0.5) is 11.4 Å². The van der Waals surface area contributed by atoms with Gasteiger partial charge in [-0.05, 0) is 79.7 Å². The Labute approximate surface area is 231 Å². The molecule has 0 saturated carbocycles. The Bertz CT molecular complexity index is 1860. The van der Waals surface area contributed by atoms with Crippen LogP contribution in [0.5, 0.6) is 0 Å². The maximum Gasteiger partial charge on any atom is 0.266 e. The van der Waals surface area contributed by atoms with Gasteiger partial charge in [-0.15, -0.1) is 0 Å². The van der Waals surface area contributed by atoms with E-state index in [1.54, 1.807) is 59.3 Å². The van der Waals surface area contributed by atoms with E-state index in [1.165, 1.54) is 6.07 Å². The van der Waals surface area contributed by atoms with Gasteiger partial charge in [-0.1, -0.05) is 30.3 Å². The lowest BCUT2D eigenvalue weighted by atomic mass is 10.1. The number of hydrogen-bond acceptors (Lipinski definition) is 6. The molecule has 3 aromatic carbocycles. The zero-order valence-corrected chi connectivity index (χ0v) is 23.2. The topological polar surface area (TPSA) is 113 Å². The molecule has 0 aliphatic carbocycles. The molecule has 5 rings (SSSR count). The Morgan fingerprint density at radius 1 is 1.03 bits per heavy atom. The Balaban J connectivity index is 1.48. The average Bonchev–Trinajstić information content (AvgIpc) is 3.27. The number of carbonyl (C=O) groups excluding carboxylic acids is 1. The van der Waals surface area contributed by atoms with Gasteiger partial charge >= 0.3 is 0 Å². The summed E-state index contributed by atoms with van der Waals surface area (Å²) < 4.78 is 31.6. The molecule has 0 fully saturated rings. The molecule has 5 aromatic rings. The molecule has 0 aliphatic rings. The highest BCUT2D eigenvalue weighted by atomic mass is 32.2. The number of carbonyl (C=O) groups is 1. The summed E-state index contributed by atoms with van der Waals surface area (Å²) in [5.74, 6) is 0.173. The summed E-state index contributed by atoms with van der Waals surface area (Å²) >= 11 is 5.18. The van der Waals surface area contributed by atoms with Gasteiger partial charge in [0.25, 0.3) is 10.0 Å². The van der Waals surface area contributed by atoms with Gasteiger partial charge in [0.15, 0.2) is 10.6 Å². The Morgan fingerprint density at radius 3 is 2.46 bits per heavy atom. The van der Waals surface area contributed by atoms with E-state index in [4.69, 9.17) is 12.2 Å². The zero-order chi connectivity index (χ0) is 27.7. The molecule has 0 aliphatic heterocycles. The van der Waals surface area contributed by atoms with Gasteiger partial charge in [-0.25, -0.2) is 8.42 Å². The monoisotopic (exact) mass is 558 g/mol. The lowest BCUT2D eigenvalue weighted by molar-refractivity contribution is -0.114. The van der Waals surface area contributed by atoms with Crippen molar-refractivity contribution in [3.63, 3.8) is 0 Å². The summed E-state index contributed by atoms with van der Waals surface area (Å²) in [5.41, 5.74) is 3.78. The predicted molar refractivity (Wildman–Crippen MR) is 155 cm³/mol. The van der Waals surface area contributed by atoms with Gasteiger partial charge in [0.1, 0.15) is 11.4 Å². The summed E-state index contributed by atoms with van der Waals surface area (Å²) in [4.78, 5) is 17.6. The van der Waals surface area contributed by atoms with Crippen LogP contribution in [0.1, 0.15) is 11.1 Å². The molecule has 0 radical (unpaired) electrons. The number of H-pyrrole nitrogens is 1. The van der Waals surface area contributed by atoms with Crippen molar-refractivity contribution in [1.29, 1.82) is 0 Å². The number of hydrogen-bond donors (Lipinski definition) is 2. The second-order valence-electron chi connectivity index (χ2n) is 9.10. The molecule has 2 heterocycles. The molecule has 0 atom stereocenters. The van der Waals surface area contributed by atoms with E-state index in [2.05, 4.69) is 20.5 Å². The first kappa shape index (κ1) is 26.3. The van der Waals surface area contributed by atoms with Crippen molar-refractivity contribution < 1.29 is 13.2 Å². The van der Waals surface area contributed by atoms with E-state index in [1.807, 2.05) is 39.1 Å². The number of fused-ring (bicyclic) bond motifs is 1. The number of benzene rings is 3. The van der Waals surface area contributed by atoms with E-state index in [0.717, 1.165) is 21.0 Å². The minimum absolute atomic E-state index is 0.0339. The first-order chi connectivity index (χ1) is 18.7. The number of rotatable bonds is 7. The lowest BCUT2D eigenvalue weighted by Gasteiger charge is -2.26. The molecule has 0 unspecified atom stereocenters. The van der Waals surface area contributed by atoms with Crippen LogP contribution in [0.2, 0.25) is 0 Å². The van der Waals surface area contributed by atoms with Crippen molar-refractivity contribution in [2.45, 2.75) is 18.7 Å². The van der Waals surface area contributed by atoms with Gasteiger partial charge in [0, 0.05) is 29.9 Å². The second-order valence-corrected chi connectivity index (χ2v) is 11.3. The molecule has 198 valence electrons. The van der Waals surface area contributed by atoms with Gasteiger partial charge in [-0.2, -0.15) is 5.10 Å². The molecular weight excluding hydrogens is 532 g/mol. The summed E-state index contributed by atoms with van der Waals surface area (Å²) in [6.07, 6.45) is 1.55. The van der Waals surface area contributed by atoms with Crippen molar-refractivity contribution >= 4 is 50.4 Å². The Kier molecular flexibility index (Phi) is 7.02. The molecule has 0 saturated heterocycles. The highest BCUT2D eigenvalue weighted by Crippen LogP contribution is 2.31. The van der Waals surface area contributed by atoms with Crippen LogP contribution in [-0.4, -0.2) is 40.6 Å². The second kappa shape index (κ2) is 10.4. The van der Waals surface area contributed by atoms with Gasteiger partial charge in [0.05, 0.1) is 11.2 Å². The fourth-order valence-corrected chi connectivity index (χ4v) is 6.13. The quantitative estimate of drug-likeness (QED) is 0.267. The van der Waals surface area contributed by atoms with E-state index in [0.29, 0.717) is 32.9 Å². The number of para-hydroxylation sites is 1. The SMILES string of the molecule is Cc1cccc(N(CC(=O)Nc2ccc(-c3n[nH]c(=S)n3C)cc2)S(=O)(=O)c2cccc3cccnc23)c1C. The summed E-state index contributed by atoms with van der Waals surface area (Å²) in [6, 6.07) is 21.0. The van der Waals surface area contributed by atoms with Gasteiger partial charge < -0.3 is 9.88 Å². The molecular formula is C28H26N6O3S2. The third kappa shape index (κ3) is 5.06. The highest BCUT2D eigenvalue weighted by Gasteiger charge is 2.30. The number of nitrogens with one attached hydrogen (secondary N) is 2. The minimum Gasteiger partial charge on any atom is -0.325 e. The van der Waals surface area contributed by atoms with Crippen molar-refractivity contribution in [3.05, 3.63) is 94.9 Å². The summed E-state index contributed by atoms with van der Waals surface area (Å²) in [5, 5.41) is 10.5. The smallest absolute Gasteiger partial charge is 0.266 e. The van der Waals surface area contributed by atoms with Crippen molar-refractivity contribution in [3.8, 4) is 11.4 Å². The van der Waals surface area contributed by atoms with Crippen molar-refractivity contribution in [2.24, 2.45) is 7.05 Å². The molecule has 1 amide bonds. The van der Waals surface area contributed by atoms with E-state index < -0.39 is 22.5 Å². The summed E-state index contributed by atoms with van der Waals surface area (Å²) in [6.45, 7) is 3.32. The van der Waals surface area contributed by atoms with Crippen molar-refractivity contribution in [1.82, 2.24) is 19.7 Å². The molecule has 39 heavy (non-hydrogen) atoms. The van der Waals surface area contributed by atoms with Crippen LogP contribution in [0.3, 0.4) is 0 Å². The third-order valence-corrected chi connectivity index (χ3v) is 8.76. The maximum absolute atomic E-state index is 14.1. The average molecular weight is 559 g/mol. The molecule has 11 heteroatoms. The van der Waals surface area contributed by atoms with Crippen LogP contribution < -0.4 is 9.62 Å². The van der Waals surface area contributed by atoms with E-state index >= 15 is 0 Å². The number of nitrogens with zero attached hydrogens (tertiary/aromatic N) is 4. The van der Waals surface area contributed by atoms with Crippen LogP contribution in [0.25, 0.3) is 22.3 Å². The van der Waals surface area contributed by atoms with Gasteiger partial charge in [0.2, 0.25) is 5.91 Å². The van der Waals surface area contributed by atoms with Crippen LogP contribution in [-0.2, 0) is 21.9 Å². The number of anilines is 2. The molecule has 0 bridgehead atoms.